The Bertz CT molecular complexity index is 1440. The van der Waals surface area contributed by atoms with Gasteiger partial charge >= 0.3 is 12.1 Å². The number of nitrogens with zero attached hydrogens (tertiary/aromatic N) is 4. The molecule has 5 rings (SSSR count). The molecule has 0 bridgehead atoms. The second-order valence-electron chi connectivity index (χ2n) is 9.73. The van der Waals surface area contributed by atoms with Crippen molar-refractivity contribution in [2.24, 2.45) is 0 Å². The number of allylic oxidation sites excluding steroid dienone is 2. The van der Waals surface area contributed by atoms with Crippen molar-refractivity contribution in [2.75, 3.05) is 23.3 Å². The van der Waals surface area contributed by atoms with Gasteiger partial charge in [0.2, 0.25) is 0 Å². The molecule has 2 aromatic heterocycles. The maximum atomic E-state index is 12.8. The highest BCUT2D eigenvalue weighted by Crippen LogP contribution is 2.37. The van der Waals surface area contributed by atoms with E-state index < -0.39 is 12.1 Å². The van der Waals surface area contributed by atoms with Gasteiger partial charge in [-0.15, -0.1) is 0 Å². The lowest BCUT2D eigenvalue weighted by Gasteiger charge is -2.33. The largest absolute Gasteiger partial charge is 0.490 e. The van der Waals surface area contributed by atoms with Crippen LogP contribution in [-0.4, -0.2) is 51.2 Å². The van der Waals surface area contributed by atoms with Crippen LogP contribution < -0.4 is 10.2 Å². The number of hydrogen-bond acceptors (Lipinski definition) is 6. The summed E-state index contributed by atoms with van der Waals surface area (Å²) in [5.74, 6) is -1.42. The third kappa shape index (κ3) is 7.72. The number of aliphatic carboxylic acids is 1. The molecule has 41 heavy (non-hydrogen) atoms. The fourth-order valence-corrected chi connectivity index (χ4v) is 4.93. The van der Waals surface area contributed by atoms with E-state index in [1.807, 2.05) is 30.5 Å². The van der Waals surface area contributed by atoms with Gasteiger partial charge in [0.25, 0.3) is 5.91 Å². The SMILES string of the molecule is N#Cc1c[nH]c(C(=O)Nc2ccc(C3CCN(c4ccccn4)CC3)cc2C2=CCCCC2)n1.O=C(O)C(F)(F)F. The number of piperidine rings is 1. The summed E-state index contributed by atoms with van der Waals surface area (Å²) in [5, 5.41) is 19.1. The highest BCUT2D eigenvalue weighted by atomic mass is 19.4. The van der Waals surface area contributed by atoms with E-state index in [0.29, 0.717) is 5.92 Å². The molecule has 1 aliphatic carbocycles. The van der Waals surface area contributed by atoms with Crippen LogP contribution in [0.3, 0.4) is 0 Å². The van der Waals surface area contributed by atoms with E-state index >= 15 is 0 Å². The summed E-state index contributed by atoms with van der Waals surface area (Å²) in [7, 11) is 0. The predicted octanol–water partition coefficient (Wildman–Crippen LogP) is 5.90. The van der Waals surface area contributed by atoms with Gasteiger partial charge in [-0.05, 0) is 79.8 Å². The zero-order valence-electron chi connectivity index (χ0n) is 22.1. The molecular weight excluding hydrogens is 537 g/mol. The van der Waals surface area contributed by atoms with Gasteiger partial charge in [0, 0.05) is 36.7 Å². The standard InChI is InChI=1S/C27H28N6O.C2HF3O2/c28-17-22-18-30-26(31-22)27(34)32-24-10-9-21(16-23(24)20-6-2-1-3-7-20)19-11-14-33(15-12-19)25-8-4-5-13-29-25;3-2(4,5)1(6)7/h4-6,8-10,13,16,18-19H,1-3,7,11-12,14-15H2,(H,30,31)(H,32,34);(H,6,7). The smallest absolute Gasteiger partial charge is 0.475 e. The van der Waals surface area contributed by atoms with E-state index in [0.717, 1.165) is 62.3 Å². The molecule has 0 unspecified atom stereocenters. The zero-order chi connectivity index (χ0) is 29.4. The Balaban J connectivity index is 0.000000493. The first kappa shape index (κ1) is 29.3. The molecule has 1 aromatic carbocycles. The van der Waals surface area contributed by atoms with Crippen LogP contribution in [0.15, 0.2) is 54.9 Å². The van der Waals surface area contributed by atoms with Gasteiger partial charge in [-0.25, -0.2) is 14.8 Å². The zero-order valence-corrected chi connectivity index (χ0v) is 22.1. The van der Waals surface area contributed by atoms with E-state index in [1.54, 1.807) is 0 Å². The summed E-state index contributed by atoms with van der Waals surface area (Å²) in [6, 6.07) is 14.5. The van der Waals surface area contributed by atoms with Crippen molar-refractivity contribution in [1.29, 1.82) is 5.26 Å². The molecule has 214 valence electrons. The van der Waals surface area contributed by atoms with Gasteiger partial charge in [-0.3, -0.25) is 4.79 Å². The van der Waals surface area contributed by atoms with E-state index in [4.69, 9.17) is 15.2 Å². The Kier molecular flexibility index (Phi) is 9.39. The summed E-state index contributed by atoms with van der Waals surface area (Å²) >= 11 is 0. The molecule has 9 nitrogen and oxygen atoms in total. The number of amides is 1. The molecule has 1 fully saturated rings. The molecule has 0 saturated carbocycles. The molecular formula is C29H29F3N6O3. The number of imidazole rings is 1. The Morgan fingerprint density at radius 2 is 1.90 bits per heavy atom. The number of rotatable bonds is 5. The highest BCUT2D eigenvalue weighted by molar-refractivity contribution is 6.03. The van der Waals surface area contributed by atoms with Crippen LogP contribution in [0.5, 0.6) is 0 Å². The highest BCUT2D eigenvalue weighted by Gasteiger charge is 2.38. The van der Waals surface area contributed by atoms with Crippen molar-refractivity contribution in [2.45, 2.75) is 50.6 Å². The summed E-state index contributed by atoms with van der Waals surface area (Å²) in [6.45, 7) is 1.97. The predicted molar refractivity (Wildman–Crippen MR) is 146 cm³/mol. The van der Waals surface area contributed by atoms with E-state index in [2.05, 4.69) is 49.4 Å². The summed E-state index contributed by atoms with van der Waals surface area (Å²) < 4.78 is 31.7. The topological polar surface area (TPSA) is 135 Å². The Hall–Kier alpha value is -4.66. The maximum absolute atomic E-state index is 12.8. The van der Waals surface area contributed by atoms with E-state index in [9.17, 15) is 18.0 Å². The van der Waals surface area contributed by atoms with Crippen LogP contribution in [0.1, 0.15) is 71.9 Å². The number of nitriles is 1. The van der Waals surface area contributed by atoms with Crippen LogP contribution in [0.2, 0.25) is 0 Å². The molecule has 1 aliphatic heterocycles. The van der Waals surface area contributed by atoms with Crippen LogP contribution >= 0.6 is 0 Å². The van der Waals surface area contributed by atoms with Crippen LogP contribution in [0, 0.1) is 11.3 Å². The van der Waals surface area contributed by atoms with E-state index in [1.165, 1.54) is 23.8 Å². The molecule has 0 radical (unpaired) electrons. The molecule has 3 heterocycles. The van der Waals surface area contributed by atoms with Crippen molar-refractivity contribution >= 4 is 29.0 Å². The first-order chi connectivity index (χ1) is 19.7. The Morgan fingerprint density at radius 1 is 1.15 bits per heavy atom. The normalized spacial score (nSPS) is 15.7. The molecule has 3 aromatic rings. The first-order valence-corrected chi connectivity index (χ1v) is 13.2. The molecule has 12 heteroatoms. The fourth-order valence-electron chi connectivity index (χ4n) is 4.93. The average Bonchev–Trinajstić information content (AvgIpc) is 3.48. The second kappa shape index (κ2) is 13.1. The lowest BCUT2D eigenvalue weighted by atomic mass is 9.85. The van der Waals surface area contributed by atoms with Gasteiger partial charge in [0.1, 0.15) is 11.9 Å². The number of anilines is 2. The number of carbonyl (C=O) groups excluding carboxylic acids is 1. The van der Waals surface area contributed by atoms with Gasteiger partial charge in [0.05, 0.1) is 0 Å². The van der Waals surface area contributed by atoms with Crippen LogP contribution in [-0.2, 0) is 4.79 Å². The number of benzene rings is 1. The van der Waals surface area contributed by atoms with Crippen molar-refractivity contribution in [3.05, 3.63) is 77.5 Å². The van der Waals surface area contributed by atoms with Gasteiger partial charge < -0.3 is 20.3 Å². The number of carboxylic acids is 1. The van der Waals surface area contributed by atoms with Crippen molar-refractivity contribution < 1.29 is 27.9 Å². The molecule has 1 amide bonds. The molecule has 1 saturated heterocycles. The summed E-state index contributed by atoms with van der Waals surface area (Å²) in [6.07, 6.45) is 7.12. The monoisotopic (exact) mass is 566 g/mol. The number of pyridine rings is 1. The number of alkyl halides is 3. The number of halogens is 3. The molecule has 3 N–H and O–H groups in total. The number of hydrogen-bond donors (Lipinski definition) is 3. The number of H-pyrrole nitrogens is 1. The molecule has 2 aliphatic rings. The number of aromatic amines is 1. The van der Waals surface area contributed by atoms with Crippen LogP contribution in [0.25, 0.3) is 5.57 Å². The van der Waals surface area contributed by atoms with Gasteiger partial charge in [-0.1, -0.05) is 18.2 Å². The number of carbonyl (C=O) groups is 2. The van der Waals surface area contributed by atoms with Gasteiger partial charge in [-0.2, -0.15) is 18.4 Å². The summed E-state index contributed by atoms with van der Waals surface area (Å²) in [4.78, 5) is 35.4. The van der Waals surface area contributed by atoms with Crippen molar-refractivity contribution in [1.82, 2.24) is 15.0 Å². The lowest BCUT2D eigenvalue weighted by molar-refractivity contribution is -0.192. The minimum Gasteiger partial charge on any atom is -0.475 e. The minimum atomic E-state index is -5.08. The third-order valence-corrected chi connectivity index (χ3v) is 7.02. The Labute approximate surface area is 234 Å². The fraction of sp³-hybridized carbons (Fsp3) is 0.345. The quantitative estimate of drug-likeness (QED) is 0.350. The minimum absolute atomic E-state index is 0.145. The maximum Gasteiger partial charge on any atom is 0.490 e. The van der Waals surface area contributed by atoms with Crippen molar-refractivity contribution in [3.8, 4) is 6.07 Å². The van der Waals surface area contributed by atoms with Crippen molar-refractivity contribution in [3.63, 3.8) is 0 Å². The summed E-state index contributed by atoms with van der Waals surface area (Å²) in [5.41, 5.74) is 4.72. The van der Waals surface area contributed by atoms with Crippen LogP contribution in [0.4, 0.5) is 24.7 Å². The molecule has 0 atom stereocenters. The van der Waals surface area contributed by atoms with E-state index in [-0.39, 0.29) is 17.4 Å². The van der Waals surface area contributed by atoms with Gasteiger partial charge in [0.15, 0.2) is 11.5 Å². The third-order valence-electron chi connectivity index (χ3n) is 7.02. The number of carboxylic acid groups (broad SMARTS) is 1. The number of aromatic nitrogens is 3. The number of nitrogens with one attached hydrogen (secondary N) is 2. The first-order valence-electron chi connectivity index (χ1n) is 13.2. The second-order valence-corrected chi connectivity index (χ2v) is 9.73. The lowest BCUT2D eigenvalue weighted by Crippen LogP contribution is -2.33. The molecule has 0 spiro atoms. The Morgan fingerprint density at radius 3 is 2.49 bits per heavy atom. The average molecular weight is 567 g/mol.